The fraction of sp³-hybridized carbons (Fsp3) is 0.500. The third kappa shape index (κ3) is 8.86. The Morgan fingerprint density at radius 1 is 1.17 bits per heavy atom. The minimum atomic E-state index is -0.565. The Bertz CT molecular complexity index is 764. The molecular formula is C22H30ClN3O4. The molecule has 0 atom stereocenters. The van der Waals surface area contributed by atoms with E-state index in [1.807, 2.05) is 12.1 Å². The Hall–Kier alpha value is -2.54. The topological polar surface area (TPSA) is 87.7 Å². The first-order valence-electron chi connectivity index (χ1n) is 10.1. The van der Waals surface area contributed by atoms with Crippen LogP contribution in [0.1, 0.15) is 45.6 Å². The number of hydrogen-bond acceptors (Lipinski definition) is 4. The standard InChI is InChI=1S/C22H30ClN3O4/c1-22(2,3)30-21(29)24-13-10-20(28)26-14-11-18(12-15-26)25-19(27)9-6-16-4-7-17(23)8-5-16/h4-9,18H,10-15H2,1-3H3,(H,24,29)(H,25,27)/b9-6+. The van der Waals surface area contributed by atoms with Gasteiger partial charge >= 0.3 is 6.09 Å². The van der Waals surface area contributed by atoms with Crippen molar-refractivity contribution in [3.05, 3.63) is 40.9 Å². The molecule has 0 spiro atoms. The van der Waals surface area contributed by atoms with Crippen molar-refractivity contribution in [3.63, 3.8) is 0 Å². The number of benzene rings is 1. The molecule has 0 unspecified atom stereocenters. The molecule has 0 bridgehead atoms. The first-order valence-corrected chi connectivity index (χ1v) is 10.5. The van der Waals surface area contributed by atoms with Crippen LogP contribution in [0.15, 0.2) is 30.3 Å². The molecule has 1 heterocycles. The molecule has 164 valence electrons. The Balaban J connectivity index is 1.66. The van der Waals surface area contributed by atoms with Gasteiger partial charge in [-0.15, -0.1) is 0 Å². The number of rotatable bonds is 6. The van der Waals surface area contributed by atoms with Gasteiger partial charge in [-0.05, 0) is 57.4 Å². The van der Waals surface area contributed by atoms with Crippen molar-refractivity contribution in [1.82, 2.24) is 15.5 Å². The normalized spacial score (nSPS) is 15.1. The van der Waals surface area contributed by atoms with Crippen LogP contribution in [0.5, 0.6) is 0 Å². The molecular weight excluding hydrogens is 406 g/mol. The Morgan fingerprint density at radius 2 is 1.80 bits per heavy atom. The monoisotopic (exact) mass is 435 g/mol. The number of ether oxygens (including phenoxy) is 1. The first kappa shape index (κ1) is 23.7. The molecule has 1 saturated heterocycles. The number of halogens is 1. The van der Waals surface area contributed by atoms with Gasteiger partial charge in [-0.1, -0.05) is 23.7 Å². The van der Waals surface area contributed by atoms with E-state index in [0.29, 0.717) is 31.0 Å². The van der Waals surface area contributed by atoms with Gasteiger partial charge in [0, 0.05) is 43.2 Å². The quantitative estimate of drug-likeness (QED) is 0.670. The van der Waals surface area contributed by atoms with E-state index in [4.69, 9.17) is 16.3 Å². The summed E-state index contributed by atoms with van der Waals surface area (Å²) in [6.07, 6.45) is 4.34. The number of alkyl carbamates (subject to hydrolysis) is 1. The van der Waals surface area contributed by atoms with E-state index in [1.165, 1.54) is 6.08 Å². The second kappa shape index (κ2) is 11.0. The van der Waals surface area contributed by atoms with Crippen molar-refractivity contribution < 1.29 is 19.1 Å². The third-order valence-electron chi connectivity index (χ3n) is 4.50. The summed E-state index contributed by atoms with van der Waals surface area (Å²) in [5, 5.41) is 6.22. The summed E-state index contributed by atoms with van der Waals surface area (Å²) >= 11 is 5.85. The molecule has 7 nitrogen and oxygen atoms in total. The van der Waals surface area contributed by atoms with Gasteiger partial charge in [0.2, 0.25) is 11.8 Å². The maximum absolute atomic E-state index is 12.3. The molecule has 1 aliphatic heterocycles. The second-order valence-corrected chi connectivity index (χ2v) is 8.66. The van der Waals surface area contributed by atoms with E-state index in [0.717, 1.165) is 5.56 Å². The number of carbonyl (C=O) groups excluding carboxylic acids is 3. The van der Waals surface area contributed by atoms with Crippen LogP contribution in [0.3, 0.4) is 0 Å². The summed E-state index contributed by atoms with van der Waals surface area (Å²) in [5.74, 6) is -0.172. The Kier molecular flexibility index (Phi) is 8.72. The van der Waals surface area contributed by atoms with E-state index in [9.17, 15) is 14.4 Å². The highest BCUT2D eigenvalue weighted by Crippen LogP contribution is 2.13. The summed E-state index contributed by atoms with van der Waals surface area (Å²) < 4.78 is 5.14. The number of carbonyl (C=O) groups is 3. The Morgan fingerprint density at radius 3 is 2.40 bits per heavy atom. The highest BCUT2D eigenvalue weighted by atomic mass is 35.5. The van der Waals surface area contributed by atoms with E-state index >= 15 is 0 Å². The maximum atomic E-state index is 12.3. The lowest BCUT2D eigenvalue weighted by molar-refractivity contribution is -0.132. The van der Waals surface area contributed by atoms with Crippen molar-refractivity contribution in [3.8, 4) is 0 Å². The van der Waals surface area contributed by atoms with Crippen molar-refractivity contribution in [2.45, 2.75) is 51.7 Å². The average molecular weight is 436 g/mol. The molecule has 30 heavy (non-hydrogen) atoms. The zero-order chi connectivity index (χ0) is 22.1. The van der Waals surface area contributed by atoms with Crippen molar-refractivity contribution in [2.75, 3.05) is 19.6 Å². The molecule has 0 radical (unpaired) electrons. The molecule has 3 amide bonds. The van der Waals surface area contributed by atoms with Crippen LogP contribution in [0.4, 0.5) is 4.79 Å². The highest BCUT2D eigenvalue weighted by molar-refractivity contribution is 6.30. The molecule has 1 aromatic carbocycles. The van der Waals surface area contributed by atoms with Crippen LogP contribution in [0.25, 0.3) is 6.08 Å². The number of likely N-dealkylation sites (tertiary alicyclic amines) is 1. The fourth-order valence-electron chi connectivity index (χ4n) is 3.01. The zero-order valence-electron chi connectivity index (χ0n) is 17.7. The van der Waals surface area contributed by atoms with Gasteiger partial charge in [0.15, 0.2) is 0 Å². The maximum Gasteiger partial charge on any atom is 0.407 e. The smallest absolute Gasteiger partial charge is 0.407 e. The third-order valence-corrected chi connectivity index (χ3v) is 4.75. The van der Waals surface area contributed by atoms with Gasteiger partial charge in [0.05, 0.1) is 0 Å². The van der Waals surface area contributed by atoms with E-state index in [2.05, 4.69) is 10.6 Å². The van der Waals surface area contributed by atoms with Crippen LogP contribution in [-0.2, 0) is 14.3 Å². The van der Waals surface area contributed by atoms with Gasteiger partial charge in [0.1, 0.15) is 5.60 Å². The van der Waals surface area contributed by atoms with E-state index in [-0.39, 0.29) is 30.8 Å². The number of nitrogens with zero attached hydrogens (tertiary/aromatic N) is 1. The van der Waals surface area contributed by atoms with Gasteiger partial charge < -0.3 is 20.3 Å². The SMILES string of the molecule is CC(C)(C)OC(=O)NCCC(=O)N1CCC(NC(=O)/C=C/c2ccc(Cl)cc2)CC1. The van der Waals surface area contributed by atoms with Crippen LogP contribution in [0, 0.1) is 0 Å². The summed E-state index contributed by atoms with van der Waals surface area (Å²) in [7, 11) is 0. The minimum absolute atomic E-state index is 0.0153. The average Bonchev–Trinajstić information content (AvgIpc) is 2.66. The van der Waals surface area contributed by atoms with Crippen molar-refractivity contribution in [2.24, 2.45) is 0 Å². The molecule has 1 aliphatic rings. The molecule has 0 aromatic heterocycles. The van der Waals surface area contributed by atoms with E-state index in [1.54, 1.807) is 43.9 Å². The molecule has 1 aromatic rings. The largest absolute Gasteiger partial charge is 0.444 e. The Labute approximate surface area is 182 Å². The minimum Gasteiger partial charge on any atom is -0.444 e. The van der Waals surface area contributed by atoms with Crippen LogP contribution < -0.4 is 10.6 Å². The second-order valence-electron chi connectivity index (χ2n) is 8.23. The number of amides is 3. The first-order chi connectivity index (χ1) is 14.1. The highest BCUT2D eigenvalue weighted by Gasteiger charge is 2.23. The summed E-state index contributed by atoms with van der Waals surface area (Å²) in [6, 6.07) is 7.27. The van der Waals surface area contributed by atoms with Crippen LogP contribution in [-0.4, -0.2) is 54.1 Å². The summed E-state index contributed by atoms with van der Waals surface area (Å²) in [4.78, 5) is 37.8. The van der Waals surface area contributed by atoms with E-state index < -0.39 is 11.7 Å². The van der Waals surface area contributed by atoms with Gasteiger partial charge in [-0.2, -0.15) is 0 Å². The fourth-order valence-corrected chi connectivity index (χ4v) is 3.14. The molecule has 1 fully saturated rings. The molecule has 8 heteroatoms. The van der Waals surface area contributed by atoms with Crippen LogP contribution in [0.2, 0.25) is 5.02 Å². The predicted octanol–water partition coefficient (Wildman–Crippen LogP) is 3.38. The number of hydrogen-bond donors (Lipinski definition) is 2. The molecule has 2 rings (SSSR count). The zero-order valence-corrected chi connectivity index (χ0v) is 18.5. The lowest BCUT2D eigenvalue weighted by atomic mass is 10.0. The summed E-state index contributed by atoms with van der Waals surface area (Å²) in [5.41, 5.74) is 0.333. The van der Waals surface area contributed by atoms with Gasteiger partial charge in [-0.3, -0.25) is 9.59 Å². The van der Waals surface area contributed by atoms with Crippen LogP contribution >= 0.6 is 11.6 Å². The predicted molar refractivity (Wildman–Crippen MR) is 117 cm³/mol. The van der Waals surface area contributed by atoms with Crippen molar-refractivity contribution >= 4 is 35.6 Å². The number of piperidine rings is 1. The van der Waals surface area contributed by atoms with Gasteiger partial charge in [0.25, 0.3) is 0 Å². The summed E-state index contributed by atoms with van der Waals surface area (Å²) in [6.45, 7) is 6.75. The molecule has 0 saturated carbocycles. The molecule has 0 aliphatic carbocycles. The van der Waals surface area contributed by atoms with Crippen molar-refractivity contribution in [1.29, 1.82) is 0 Å². The van der Waals surface area contributed by atoms with Gasteiger partial charge in [-0.25, -0.2) is 4.79 Å². The molecule has 2 N–H and O–H groups in total. The number of nitrogens with one attached hydrogen (secondary N) is 2. The lowest BCUT2D eigenvalue weighted by Gasteiger charge is -2.32. The lowest BCUT2D eigenvalue weighted by Crippen LogP contribution is -2.46.